The quantitative estimate of drug-likeness (QED) is 0.755. The van der Waals surface area contributed by atoms with E-state index in [1.54, 1.807) is 31.6 Å². The van der Waals surface area contributed by atoms with Gasteiger partial charge in [0.15, 0.2) is 0 Å². The molecular formula is C17H22N4O3. The van der Waals surface area contributed by atoms with Crippen molar-refractivity contribution in [3.63, 3.8) is 0 Å². The number of aromatic nitrogens is 3. The zero-order valence-corrected chi connectivity index (χ0v) is 13.8. The van der Waals surface area contributed by atoms with Crippen molar-refractivity contribution in [2.45, 2.75) is 18.9 Å². The Bertz CT molecular complexity index is 660. The van der Waals surface area contributed by atoms with Crippen LogP contribution in [0.4, 0.5) is 0 Å². The molecule has 0 saturated carbocycles. The van der Waals surface area contributed by atoms with Gasteiger partial charge in [-0.3, -0.25) is 4.79 Å². The maximum Gasteiger partial charge on any atom is 0.259 e. The number of hydrogen-bond donors (Lipinski definition) is 0. The summed E-state index contributed by atoms with van der Waals surface area (Å²) < 4.78 is 12.6. The maximum absolute atomic E-state index is 12.9. The second-order valence-electron chi connectivity index (χ2n) is 5.75. The van der Waals surface area contributed by atoms with Crippen LogP contribution in [0.1, 0.15) is 29.2 Å². The van der Waals surface area contributed by atoms with Crippen LogP contribution in [0.15, 0.2) is 37.1 Å². The Hall–Kier alpha value is -2.41. The Kier molecular flexibility index (Phi) is 5.43. The van der Waals surface area contributed by atoms with Crippen molar-refractivity contribution in [1.82, 2.24) is 19.4 Å². The molecule has 0 aromatic carbocycles. The van der Waals surface area contributed by atoms with E-state index in [2.05, 4.69) is 14.5 Å². The maximum atomic E-state index is 12.9. The number of amides is 1. The van der Waals surface area contributed by atoms with E-state index in [4.69, 9.17) is 9.47 Å². The molecule has 3 heterocycles. The van der Waals surface area contributed by atoms with Gasteiger partial charge in [0, 0.05) is 38.8 Å². The molecule has 3 rings (SSSR count). The van der Waals surface area contributed by atoms with E-state index in [1.165, 1.54) is 0 Å². The molecule has 0 N–H and O–H groups in total. The summed E-state index contributed by atoms with van der Waals surface area (Å²) in [5.41, 5.74) is 0.500. The van der Waals surface area contributed by atoms with Gasteiger partial charge in [-0.05, 0) is 25.0 Å². The molecule has 1 aliphatic heterocycles. The molecule has 1 fully saturated rings. The summed E-state index contributed by atoms with van der Waals surface area (Å²) in [5.74, 6) is 0.324. The molecule has 2 aromatic heterocycles. The number of pyridine rings is 1. The third-order valence-electron chi connectivity index (χ3n) is 4.16. The van der Waals surface area contributed by atoms with Crippen LogP contribution in [0, 0.1) is 0 Å². The van der Waals surface area contributed by atoms with E-state index in [-0.39, 0.29) is 11.9 Å². The van der Waals surface area contributed by atoms with Gasteiger partial charge < -0.3 is 18.9 Å². The first-order valence-electron chi connectivity index (χ1n) is 8.13. The van der Waals surface area contributed by atoms with E-state index < -0.39 is 0 Å². The molecular weight excluding hydrogens is 308 g/mol. The molecule has 1 aliphatic rings. The first kappa shape index (κ1) is 16.4. The molecule has 2 aromatic rings. The molecule has 0 bridgehead atoms. The summed E-state index contributed by atoms with van der Waals surface area (Å²) in [6, 6.07) is 3.78. The summed E-state index contributed by atoms with van der Waals surface area (Å²) in [6.07, 6.45) is 9.16. The zero-order chi connectivity index (χ0) is 16.8. The second-order valence-corrected chi connectivity index (χ2v) is 5.75. The van der Waals surface area contributed by atoms with Gasteiger partial charge in [-0.25, -0.2) is 9.97 Å². The topological polar surface area (TPSA) is 69.5 Å². The van der Waals surface area contributed by atoms with Gasteiger partial charge in [0.05, 0.1) is 19.0 Å². The third kappa shape index (κ3) is 3.73. The van der Waals surface area contributed by atoms with Crippen molar-refractivity contribution in [3.8, 4) is 5.88 Å². The highest BCUT2D eigenvalue weighted by Crippen LogP contribution is 2.24. The summed E-state index contributed by atoms with van der Waals surface area (Å²) in [4.78, 5) is 23.1. The number of hydrogen-bond acceptors (Lipinski definition) is 5. The molecule has 1 saturated heterocycles. The summed E-state index contributed by atoms with van der Waals surface area (Å²) in [5, 5.41) is 0. The second kappa shape index (κ2) is 7.92. The minimum atomic E-state index is -0.0414. The zero-order valence-electron chi connectivity index (χ0n) is 13.8. The minimum absolute atomic E-state index is 0.0414. The highest BCUT2D eigenvalue weighted by molar-refractivity contribution is 5.96. The number of ether oxygens (including phenoxy) is 2. The van der Waals surface area contributed by atoms with Crippen LogP contribution >= 0.6 is 0 Å². The normalized spacial score (nSPS) is 17.7. The largest absolute Gasteiger partial charge is 0.475 e. The van der Waals surface area contributed by atoms with Crippen LogP contribution in [-0.4, -0.2) is 58.8 Å². The molecule has 1 atom stereocenters. The van der Waals surface area contributed by atoms with Gasteiger partial charge >= 0.3 is 0 Å². The number of imidazole rings is 1. The molecule has 1 unspecified atom stereocenters. The van der Waals surface area contributed by atoms with Gasteiger partial charge in [0.1, 0.15) is 12.2 Å². The molecule has 128 valence electrons. The lowest BCUT2D eigenvalue weighted by molar-refractivity contribution is 0.0671. The predicted octanol–water partition coefficient (Wildman–Crippen LogP) is 1.78. The number of methoxy groups -OCH3 is 1. The van der Waals surface area contributed by atoms with Crippen molar-refractivity contribution in [1.29, 1.82) is 0 Å². The molecule has 24 heavy (non-hydrogen) atoms. The van der Waals surface area contributed by atoms with Gasteiger partial charge in [0.2, 0.25) is 5.88 Å². The van der Waals surface area contributed by atoms with E-state index in [0.717, 1.165) is 19.4 Å². The Labute approximate surface area is 141 Å². The summed E-state index contributed by atoms with van der Waals surface area (Å²) in [6.45, 7) is 2.24. The fourth-order valence-electron chi connectivity index (χ4n) is 2.93. The fraction of sp³-hybridized carbons (Fsp3) is 0.471. The van der Waals surface area contributed by atoms with Gasteiger partial charge in [-0.1, -0.05) is 0 Å². The van der Waals surface area contributed by atoms with Gasteiger partial charge in [-0.15, -0.1) is 0 Å². The van der Waals surface area contributed by atoms with Gasteiger partial charge in [-0.2, -0.15) is 0 Å². The van der Waals surface area contributed by atoms with Crippen molar-refractivity contribution in [2.24, 2.45) is 0 Å². The van der Waals surface area contributed by atoms with E-state index in [1.807, 2.05) is 17.4 Å². The van der Waals surface area contributed by atoms with Crippen LogP contribution in [0.2, 0.25) is 0 Å². The van der Waals surface area contributed by atoms with Gasteiger partial charge in [0.25, 0.3) is 5.91 Å². The minimum Gasteiger partial charge on any atom is -0.475 e. The fourth-order valence-corrected chi connectivity index (χ4v) is 2.93. The van der Waals surface area contributed by atoms with Crippen LogP contribution < -0.4 is 4.74 Å². The first-order valence-corrected chi connectivity index (χ1v) is 8.13. The number of carbonyl (C=O) groups is 1. The number of nitrogens with zero attached hydrogens (tertiary/aromatic N) is 4. The highest BCUT2D eigenvalue weighted by atomic mass is 16.5. The summed E-state index contributed by atoms with van der Waals surface area (Å²) >= 11 is 0. The van der Waals surface area contributed by atoms with Crippen LogP contribution in [0.3, 0.4) is 0 Å². The Morgan fingerprint density at radius 2 is 2.29 bits per heavy atom. The van der Waals surface area contributed by atoms with E-state index in [0.29, 0.717) is 31.2 Å². The monoisotopic (exact) mass is 330 g/mol. The van der Waals surface area contributed by atoms with E-state index >= 15 is 0 Å². The third-order valence-corrected chi connectivity index (χ3v) is 4.16. The lowest BCUT2D eigenvalue weighted by Crippen LogP contribution is -2.40. The molecule has 1 amide bonds. The van der Waals surface area contributed by atoms with Crippen molar-refractivity contribution in [2.75, 3.05) is 33.4 Å². The molecule has 0 radical (unpaired) electrons. The Morgan fingerprint density at radius 1 is 1.38 bits per heavy atom. The highest BCUT2D eigenvalue weighted by Gasteiger charge is 2.27. The molecule has 7 nitrogen and oxygen atoms in total. The lowest BCUT2D eigenvalue weighted by atomic mass is 10.0. The van der Waals surface area contributed by atoms with Crippen molar-refractivity contribution in [3.05, 3.63) is 42.6 Å². The smallest absolute Gasteiger partial charge is 0.259 e. The average Bonchev–Trinajstić information content (AvgIpc) is 3.17. The predicted molar refractivity (Wildman–Crippen MR) is 88.0 cm³/mol. The molecule has 0 spiro atoms. The standard InChI is InChI=1S/C17H22N4O3/c1-23-10-11-24-16-15(5-2-6-19-16)17(22)20-8-3-4-14(12-20)21-9-7-18-13-21/h2,5-7,9,13-14H,3-4,8,10-12H2,1H3. The molecule has 0 aliphatic carbocycles. The average molecular weight is 330 g/mol. The van der Waals surface area contributed by atoms with Crippen molar-refractivity contribution >= 4 is 5.91 Å². The number of piperidine rings is 1. The SMILES string of the molecule is COCCOc1ncccc1C(=O)N1CCCC(n2ccnc2)C1. The van der Waals surface area contributed by atoms with Crippen LogP contribution in [0.25, 0.3) is 0 Å². The van der Waals surface area contributed by atoms with Crippen molar-refractivity contribution < 1.29 is 14.3 Å². The number of carbonyl (C=O) groups excluding carboxylic acids is 1. The lowest BCUT2D eigenvalue weighted by Gasteiger charge is -2.33. The Balaban J connectivity index is 1.71. The first-order chi connectivity index (χ1) is 11.8. The van der Waals surface area contributed by atoms with Crippen LogP contribution in [0.5, 0.6) is 5.88 Å². The van der Waals surface area contributed by atoms with Crippen LogP contribution in [-0.2, 0) is 4.74 Å². The number of rotatable bonds is 6. The molecule has 7 heteroatoms. The van der Waals surface area contributed by atoms with E-state index in [9.17, 15) is 4.79 Å². The number of likely N-dealkylation sites (tertiary alicyclic amines) is 1. The summed E-state index contributed by atoms with van der Waals surface area (Å²) in [7, 11) is 1.61. The Morgan fingerprint density at radius 3 is 3.08 bits per heavy atom.